The Balaban J connectivity index is 1.91. The molecule has 1 saturated heterocycles. The van der Waals surface area contributed by atoms with Crippen molar-refractivity contribution in [2.45, 2.75) is 6.04 Å². The van der Waals surface area contributed by atoms with E-state index >= 15 is 0 Å². The summed E-state index contributed by atoms with van der Waals surface area (Å²) in [5.74, 6) is 0. The number of thiophene rings is 1. The van der Waals surface area contributed by atoms with Crippen molar-refractivity contribution in [1.82, 2.24) is 10.2 Å². The fraction of sp³-hybridized carbons (Fsp3) is 0.615. The Morgan fingerprint density at radius 1 is 1.55 bits per heavy atom. The first kappa shape index (κ1) is 15.2. The molecule has 1 aliphatic heterocycles. The van der Waals surface area contributed by atoms with Gasteiger partial charge in [0.2, 0.25) is 0 Å². The second kappa shape index (κ2) is 8.21. The van der Waals surface area contributed by atoms with Crippen LogP contribution in [0.1, 0.15) is 10.9 Å². The van der Waals surface area contributed by atoms with Gasteiger partial charge in [0.15, 0.2) is 0 Å². The number of aliphatic hydroxyl groups is 1. The number of amides is 1. The number of ether oxygens (including phenoxy) is 2. The van der Waals surface area contributed by atoms with Crippen LogP contribution in [0.25, 0.3) is 0 Å². The monoisotopic (exact) mass is 300 g/mol. The molecule has 2 N–H and O–H groups in total. The van der Waals surface area contributed by atoms with Gasteiger partial charge in [-0.3, -0.25) is 4.90 Å². The van der Waals surface area contributed by atoms with Gasteiger partial charge in [0.25, 0.3) is 0 Å². The lowest BCUT2D eigenvalue weighted by Gasteiger charge is -2.33. The number of aliphatic hydroxyl groups excluding tert-OH is 1. The van der Waals surface area contributed by atoms with Crippen molar-refractivity contribution in [3.63, 3.8) is 0 Å². The molecule has 1 aromatic heterocycles. The average Bonchev–Trinajstić information content (AvgIpc) is 3.00. The van der Waals surface area contributed by atoms with E-state index in [-0.39, 0.29) is 19.3 Å². The molecule has 7 heteroatoms. The van der Waals surface area contributed by atoms with E-state index in [1.54, 1.807) is 11.3 Å². The molecule has 2 rings (SSSR count). The van der Waals surface area contributed by atoms with Crippen LogP contribution in [0.4, 0.5) is 4.79 Å². The lowest BCUT2D eigenvalue weighted by atomic mass is 10.2. The summed E-state index contributed by atoms with van der Waals surface area (Å²) in [6.45, 7) is 3.50. The summed E-state index contributed by atoms with van der Waals surface area (Å²) in [6, 6.07) is 4.23. The normalized spacial score (nSPS) is 17.6. The Kier molecular flexibility index (Phi) is 6.25. The zero-order valence-electron chi connectivity index (χ0n) is 11.3. The second-order valence-electron chi connectivity index (χ2n) is 4.42. The third kappa shape index (κ3) is 4.45. The van der Waals surface area contributed by atoms with Crippen LogP contribution >= 0.6 is 11.3 Å². The predicted octanol–water partition coefficient (Wildman–Crippen LogP) is 0.840. The number of rotatable bonds is 6. The first-order valence-electron chi connectivity index (χ1n) is 6.68. The van der Waals surface area contributed by atoms with Gasteiger partial charge < -0.3 is 19.9 Å². The molecule has 0 bridgehead atoms. The van der Waals surface area contributed by atoms with E-state index in [2.05, 4.69) is 16.3 Å². The van der Waals surface area contributed by atoms with Crippen LogP contribution < -0.4 is 5.32 Å². The summed E-state index contributed by atoms with van der Waals surface area (Å²) in [7, 11) is 0. The molecule has 2 heterocycles. The van der Waals surface area contributed by atoms with Crippen molar-refractivity contribution >= 4 is 17.4 Å². The third-order valence-electron chi connectivity index (χ3n) is 3.12. The minimum Gasteiger partial charge on any atom is -0.447 e. The largest absolute Gasteiger partial charge is 0.447 e. The highest BCUT2D eigenvalue weighted by molar-refractivity contribution is 7.10. The van der Waals surface area contributed by atoms with Gasteiger partial charge >= 0.3 is 6.09 Å². The number of hydrogen-bond acceptors (Lipinski definition) is 6. The first-order valence-corrected chi connectivity index (χ1v) is 7.56. The molecule has 1 unspecified atom stereocenters. The van der Waals surface area contributed by atoms with Crippen LogP contribution in [-0.2, 0) is 9.47 Å². The highest BCUT2D eigenvalue weighted by atomic mass is 32.1. The van der Waals surface area contributed by atoms with Crippen molar-refractivity contribution < 1.29 is 19.4 Å². The SMILES string of the molecule is O=C(NCC(c1cccs1)N1CCOCC1)OCCO. The molecule has 6 nitrogen and oxygen atoms in total. The molecule has 0 aromatic carbocycles. The van der Waals surface area contributed by atoms with E-state index in [0.717, 1.165) is 26.3 Å². The summed E-state index contributed by atoms with van der Waals surface area (Å²) in [6.07, 6.45) is -0.492. The van der Waals surface area contributed by atoms with Gasteiger partial charge in [0, 0.05) is 24.5 Å². The molecule has 1 aliphatic rings. The van der Waals surface area contributed by atoms with Crippen LogP contribution in [0.5, 0.6) is 0 Å². The number of alkyl carbamates (subject to hydrolysis) is 1. The van der Waals surface area contributed by atoms with E-state index in [1.165, 1.54) is 4.88 Å². The van der Waals surface area contributed by atoms with E-state index in [0.29, 0.717) is 6.54 Å². The maximum Gasteiger partial charge on any atom is 0.407 e. The van der Waals surface area contributed by atoms with Crippen LogP contribution in [-0.4, -0.2) is 62.2 Å². The molecule has 1 atom stereocenters. The van der Waals surface area contributed by atoms with Gasteiger partial charge in [-0.15, -0.1) is 11.3 Å². The van der Waals surface area contributed by atoms with Gasteiger partial charge in [-0.1, -0.05) is 6.07 Å². The van der Waals surface area contributed by atoms with Gasteiger partial charge in [-0.05, 0) is 11.4 Å². The Bertz CT molecular complexity index is 393. The van der Waals surface area contributed by atoms with Gasteiger partial charge in [-0.25, -0.2) is 4.79 Å². The minimum atomic E-state index is -0.492. The standard InChI is InChI=1S/C13H20N2O4S/c16-5-8-19-13(17)14-10-11(12-2-1-9-20-12)15-3-6-18-7-4-15/h1-2,9,11,16H,3-8,10H2,(H,14,17). The third-order valence-corrected chi connectivity index (χ3v) is 4.10. The molecule has 1 amide bonds. The molecule has 112 valence electrons. The number of hydrogen-bond donors (Lipinski definition) is 2. The Hall–Kier alpha value is -1.15. The van der Waals surface area contributed by atoms with Crippen LogP contribution in [0.15, 0.2) is 17.5 Å². The smallest absolute Gasteiger partial charge is 0.407 e. The Labute approximate surface area is 122 Å². The zero-order valence-corrected chi connectivity index (χ0v) is 12.1. The number of morpholine rings is 1. The van der Waals surface area contributed by atoms with E-state index in [9.17, 15) is 4.79 Å². The van der Waals surface area contributed by atoms with Crippen molar-refractivity contribution in [2.24, 2.45) is 0 Å². The lowest BCUT2D eigenvalue weighted by molar-refractivity contribution is 0.0166. The maximum absolute atomic E-state index is 11.5. The summed E-state index contributed by atoms with van der Waals surface area (Å²) < 4.78 is 10.2. The second-order valence-corrected chi connectivity index (χ2v) is 5.40. The van der Waals surface area contributed by atoms with Crippen molar-refractivity contribution in [3.8, 4) is 0 Å². The molecule has 1 aromatic rings. The predicted molar refractivity (Wildman–Crippen MR) is 75.9 cm³/mol. The van der Waals surface area contributed by atoms with Crippen LogP contribution in [0.3, 0.4) is 0 Å². The number of carbonyl (C=O) groups is 1. The molecule has 0 spiro atoms. The Morgan fingerprint density at radius 3 is 3.00 bits per heavy atom. The van der Waals surface area contributed by atoms with Crippen molar-refractivity contribution in [2.75, 3.05) is 46.1 Å². The van der Waals surface area contributed by atoms with E-state index in [1.807, 2.05) is 11.4 Å². The molecule has 0 saturated carbocycles. The fourth-order valence-corrected chi connectivity index (χ4v) is 3.01. The topological polar surface area (TPSA) is 71.0 Å². The van der Waals surface area contributed by atoms with Crippen molar-refractivity contribution in [3.05, 3.63) is 22.4 Å². The summed E-state index contributed by atoms with van der Waals surface area (Å²) in [5, 5.41) is 13.4. The highest BCUT2D eigenvalue weighted by Crippen LogP contribution is 2.25. The molecular weight excluding hydrogens is 280 g/mol. The van der Waals surface area contributed by atoms with E-state index < -0.39 is 6.09 Å². The fourth-order valence-electron chi connectivity index (χ4n) is 2.15. The number of carbonyl (C=O) groups excluding carboxylic acids is 1. The van der Waals surface area contributed by atoms with Gasteiger partial charge in [0.05, 0.1) is 25.9 Å². The molecule has 0 aliphatic carbocycles. The number of nitrogens with one attached hydrogen (secondary N) is 1. The quantitative estimate of drug-likeness (QED) is 0.814. The lowest BCUT2D eigenvalue weighted by Crippen LogP contribution is -2.43. The summed E-state index contributed by atoms with van der Waals surface area (Å²) in [4.78, 5) is 15.0. The maximum atomic E-state index is 11.5. The van der Waals surface area contributed by atoms with Crippen molar-refractivity contribution in [1.29, 1.82) is 0 Å². The average molecular weight is 300 g/mol. The first-order chi connectivity index (χ1) is 9.81. The van der Waals surface area contributed by atoms with Gasteiger partial charge in [0.1, 0.15) is 6.61 Å². The van der Waals surface area contributed by atoms with Crippen LogP contribution in [0.2, 0.25) is 0 Å². The molecule has 0 radical (unpaired) electrons. The minimum absolute atomic E-state index is 0.0209. The molecule has 1 fully saturated rings. The van der Waals surface area contributed by atoms with Gasteiger partial charge in [-0.2, -0.15) is 0 Å². The van der Waals surface area contributed by atoms with E-state index in [4.69, 9.17) is 14.6 Å². The zero-order chi connectivity index (χ0) is 14.2. The molecular formula is C13H20N2O4S. The summed E-state index contributed by atoms with van der Waals surface area (Å²) in [5.41, 5.74) is 0. The summed E-state index contributed by atoms with van der Waals surface area (Å²) >= 11 is 1.68. The number of nitrogens with zero attached hydrogens (tertiary/aromatic N) is 1. The Morgan fingerprint density at radius 2 is 2.35 bits per heavy atom. The highest BCUT2D eigenvalue weighted by Gasteiger charge is 2.24. The van der Waals surface area contributed by atoms with Crippen LogP contribution in [0, 0.1) is 0 Å². The molecule has 20 heavy (non-hydrogen) atoms.